The number of rotatable bonds is 6. The molecule has 2 aromatic carbocycles. The Morgan fingerprint density at radius 2 is 2.00 bits per heavy atom. The van der Waals surface area contributed by atoms with E-state index in [1.54, 1.807) is 62.6 Å². The average molecular weight is 333 g/mol. The molecule has 23 heavy (non-hydrogen) atoms. The third-order valence-corrected chi connectivity index (χ3v) is 3.17. The summed E-state index contributed by atoms with van der Waals surface area (Å²) in [5.74, 6) is 1.39. The number of carbonyl (C=O) groups excluding carboxylic acids is 1. The topological polar surface area (TPSA) is 44.8 Å². The van der Waals surface area contributed by atoms with E-state index < -0.39 is 5.97 Å². The first-order chi connectivity index (χ1) is 11.1. The van der Waals surface area contributed by atoms with Gasteiger partial charge in [0.25, 0.3) is 0 Å². The van der Waals surface area contributed by atoms with Crippen LogP contribution in [0, 0.1) is 0 Å². The third kappa shape index (κ3) is 5.04. The van der Waals surface area contributed by atoms with Crippen LogP contribution in [-0.4, -0.2) is 19.7 Å². The highest BCUT2D eigenvalue weighted by Gasteiger charge is 2.07. The molecule has 0 unspecified atom stereocenters. The van der Waals surface area contributed by atoms with E-state index in [0.717, 1.165) is 5.56 Å². The number of carbonyl (C=O) groups is 1. The zero-order chi connectivity index (χ0) is 16.7. The van der Waals surface area contributed by atoms with Gasteiger partial charge in [-0.1, -0.05) is 17.7 Å². The molecule has 0 bridgehead atoms. The van der Waals surface area contributed by atoms with Crippen molar-refractivity contribution in [3.63, 3.8) is 0 Å². The summed E-state index contributed by atoms with van der Waals surface area (Å²) in [6, 6.07) is 12.4. The first kappa shape index (κ1) is 16.9. The highest BCUT2D eigenvalue weighted by Crippen LogP contribution is 2.31. The Balaban J connectivity index is 2.29. The summed E-state index contributed by atoms with van der Waals surface area (Å²) in [5.41, 5.74) is 0.721. The molecule has 0 heterocycles. The van der Waals surface area contributed by atoms with Crippen LogP contribution in [0.2, 0.25) is 5.02 Å². The van der Waals surface area contributed by atoms with Crippen LogP contribution in [0.4, 0.5) is 0 Å². The lowest BCUT2D eigenvalue weighted by atomic mass is 10.1. The van der Waals surface area contributed by atoms with Gasteiger partial charge in [-0.25, -0.2) is 4.79 Å². The fourth-order valence-electron chi connectivity index (χ4n) is 1.87. The summed E-state index contributed by atoms with van der Waals surface area (Å²) < 4.78 is 15.9. The maximum Gasteiger partial charge on any atom is 0.330 e. The van der Waals surface area contributed by atoms with Crippen LogP contribution in [0.15, 0.2) is 48.5 Å². The van der Waals surface area contributed by atoms with Crippen LogP contribution < -0.4 is 9.47 Å². The fourth-order valence-corrected chi connectivity index (χ4v) is 2.05. The summed E-state index contributed by atoms with van der Waals surface area (Å²) in [5, 5.41) is 0.578. The van der Waals surface area contributed by atoms with Crippen LogP contribution in [0.1, 0.15) is 12.5 Å². The average Bonchev–Trinajstić information content (AvgIpc) is 2.54. The molecular formula is C18H17ClO4. The summed E-state index contributed by atoms with van der Waals surface area (Å²) in [4.78, 5) is 11.5. The fraction of sp³-hybridized carbons (Fsp3) is 0.167. The highest BCUT2D eigenvalue weighted by molar-refractivity contribution is 6.30. The summed E-state index contributed by atoms with van der Waals surface area (Å²) in [6.45, 7) is 2.09. The van der Waals surface area contributed by atoms with E-state index in [-0.39, 0.29) is 0 Å². The molecule has 5 heteroatoms. The molecule has 4 nitrogen and oxygen atoms in total. The second-order valence-electron chi connectivity index (χ2n) is 4.55. The van der Waals surface area contributed by atoms with Gasteiger partial charge in [-0.2, -0.15) is 0 Å². The predicted molar refractivity (Wildman–Crippen MR) is 90.2 cm³/mol. The van der Waals surface area contributed by atoms with Crippen molar-refractivity contribution in [2.24, 2.45) is 0 Å². The summed E-state index contributed by atoms with van der Waals surface area (Å²) >= 11 is 5.97. The molecule has 0 N–H and O–H groups in total. The molecule has 0 amide bonds. The summed E-state index contributed by atoms with van der Waals surface area (Å²) in [7, 11) is 1.58. The van der Waals surface area contributed by atoms with Crippen LogP contribution in [0.25, 0.3) is 6.08 Å². The number of hydrogen-bond donors (Lipinski definition) is 0. The van der Waals surface area contributed by atoms with Gasteiger partial charge in [0.15, 0.2) is 0 Å². The van der Waals surface area contributed by atoms with Crippen molar-refractivity contribution in [3.8, 4) is 17.2 Å². The van der Waals surface area contributed by atoms with E-state index >= 15 is 0 Å². The number of hydrogen-bond acceptors (Lipinski definition) is 4. The molecule has 0 saturated carbocycles. The van der Waals surface area contributed by atoms with Crippen molar-refractivity contribution in [1.82, 2.24) is 0 Å². The quantitative estimate of drug-likeness (QED) is 0.567. The number of benzene rings is 2. The van der Waals surface area contributed by atoms with Crippen molar-refractivity contribution in [2.45, 2.75) is 6.92 Å². The SMILES string of the molecule is CCOC(=O)C=Cc1ccc(OC)cc1Oc1cccc(Cl)c1. The second-order valence-corrected chi connectivity index (χ2v) is 4.99. The zero-order valence-electron chi connectivity index (χ0n) is 12.9. The van der Waals surface area contributed by atoms with Gasteiger partial charge in [0.2, 0.25) is 0 Å². The second kappa shape index (κ2) is 8.25. The molecule has 0 radical (unpaired) electrons. The Labute approximate surface area is 140 Å². The Hall–Kier alpha value is -2.46. The van der Waals surface area contributed by atoms with Crippen molar-refractivity contribution >= 4 is 23.6 Å². The van der Waals surface area contributed by atoms with Gasteiger partial charge < -0.3 is 14.2 Å². The standard InChI is InChI=1S/C18H17ClO4/c1-3-22-18(20)10-8-13-7-9-15(21-2)12-17(13)23-16-6-4-5-14(19)11-16/h4-12H,3H2,1-2H3. The third-order valence-electron chi connectivity index (χ3n) is 2.93. The number of esters is 1. The first-order valence-electron chi connectivity index (χ1n) is 7.08. The van der Waals surface area contributed by atoms with E-state index in [0.29, 0.717) is 28.9 Å². The molecule has 0 aliphatic heterocycles. The number of halogens is 1. The van der Waals surface area contributed by atoms with Crippen molar-refractivity contribution in [3.05, 3.63) is 59.1 Å². The lowest BCUT2D eigenvalue weighted by Gasteiger charge is -2.11. The molecule has 0 aliphatic carbocycles. The lowest BCUT2D eigenvalue weighted by molar-refractivity contribution is -0.137. The number of ether oxygens (including phenoxy) is 3. The van der Waals surface area contributed by atoms with Gasteiger partial charge in [0, 0.05) is 22.7 Å². The smallest absolute Gasteiger partial charge is 0.330 e. The minimum Gasteiger partial charge on any atom is -0.497 e. The Morgan fingerprint density at radius 3 is 2.70 bits per heavy atom. The van der Waals surface area contributed by atoms with Crippen LogP contribution in [0.5, 0.6) is 17.2 Å². The molecule has 0 aromatic heterocycles. The van der Waals surface area contributed by atoms with Gasteiger partial charge in [-0.15, -0.1) is 0 Å². The van der Waals surface area contributed by atoms with Gasteiger partial charge in [-0.3, -0.25) is 0 Å². The molecule has 0 saturated heterocycles. The van der Waals surface area contributed by atoms with Crippen LogP contribution >= 0.6 is 11.6 Å². The maximum atomic E-state index is 11.5. The van der Waals surface area contributed by atoms with E-state index in [1.165, 1.54) is 6.08 Å². The molecule has 120 valence electrons. The molecule has 0 atom stereocenters. The lowest BCUT2D eigenvalue weighted by Crippen LogP contribution is -1.98. The minimum atomic E-state index is -0.406. The van der Waals surface area contributed by atoms with E-state index in [4.69, 9.17) is 25.8 Å². The van der Waals surface area contributed by atoms with Gasteiger partial charge in [-0.05, 0) is 43.3 Å². The van der Waals surface area contributed by atoms with Crippen molar-refractivity contribution in [1.29, 1.82) is 0 Å². The van der Waals surface area contributed by atoms with Gasteiger partial charge in [0.05, 0.1) is 13.7 Å². The van der Waals surface area contributed by atoms with Gasteiger partial charge in [0.1, 0.15) is 17.2 Å². The molecule has 0 fully saturated rings. The molecular weight excluding hydrogens is 316 g/mol. The van der Waals surface area contributed by atoms with Crippen LogP contribution in [-0.2, 0) is 9.53 Å². The van der Waals surface area contributed by atoms with E-state index in [2.05, 4.69) is 0 Å². The normalized spacial score (nSPS) is 10.6. The monoisotopic (exact) mass is 332 g/mol. The Kier molecular flexibility index (Phi) is 6.06. The minimum absolute atomic E-state index is 0.331. The van der Waals surface area contributed by atoms with Crippen molar-refractivity contribution < 1.29 is 19.0 Å². The first-order valence-corrected chi connectivity index (χ1v) is 7.46. The highest BCUT2D eigenvalue weighted by atomic mass is 35.5. The molecule has 0 aliphatic rings. The van der Waals surface area contributed by atoms with Gasteiger partial charge >= 0.3 is 5.97 Å². The number of methoxy groups -OCH3 is 1. The van der Waals surface area contributed by atoms with E-state index in [9.17, 15) is 4.79 Å². The predicted octanol–water partition coefficient (Wildman–Crippen LogP) is 4.72. The molecule has 2 rings (SSSR count). The maximum absolute atomic E-state index is 11.5. The van der Waals surface area contributed by atoms with Crippen molar-refractivity contribution in [2.75, 3.05) is 13.7 Å². The van der Waals surface area contributed by atoms with E-state index in [1.807, 2.05) is 0 Å². The summed E-state index contributed by atoms with van der Waals surface area (Å²) in [6.07, 6.45) is 2.99. The molecule has 0 spiro atoms. The van der Waals surface area contributed by atoms with Crippen LogP contribution in [0.3, 0.4) is 0 Å². The zero-order valence-corrected chi connectivity index (χ0v) is 13.7. The largest absolute Gasteiger partial charge is 0.497 e. The Bertz CT molecular complexity index is 710. The molecule has 2 aromatic rings. The Morgan fingerprint density at radius 1 is 1.17 bits per heavy atom.